The Hall–Kier alpha value is -1.95. The molecule has 1 rings (SSSR count). The van der Waals surface area contributed by atoms with Crippen molar-refractivity contribution in [3.05, 3.63) is 17.7 Å². The lowest BCUT2D eigenvalue weighted by molar-refractivity contribution is 0.0947. The van der Waals surface area contributed by atoms with E-state index < -0.39 is 5.91 Å². The van der Waals surface area contributed by atoms with Crippen LogP contribution in [0, 0.1) is 0 Å². The van der Waals surface area contributed by atoms with Gasteiger partial charge >= 0.3 is 0 Å². The number of rotatable bonds is 4. The summed E-state index contributed by atoms with van der Waals surface area (Å²) in [4.78, 5) is 11.5. The van der Waals surface area contributed by atoms with E-state index in [0.717, 1.165) is 0 Å². The lowest BCUT2D eigenvalue weighted by atomic mass is 10.1. The number of hydrogen-bond acceptors (Lipinski definition) is 5. The molecule has 0 aromatic heterocycles. The zero-order valence-corrected chi connectivity index (χ0v) is 9.37. The molecule has 0 unspecified atom stereocenters. The van der Waals surface area contributed by atoms with Gasteiger partial charge < -0.3 is 14.2 Å². The molecule has 0 aliphatic rings. The Morgan fingerprint density at radius 1 is 1.12 bits per heavy atom. The number of amides is 1. The van der Waals surface area contributed by atoms with E-state index >= 15 is 0 Å². The number of ether oxygens (including phenoxy) is 3. The van der Waals surface area contributed by atoms with Crippen LogP contribution in [0.5, 0.6) is 17.2 Å². The number of nitrogen functional groups attached to an aromatic ring is 1. The van der Waals surface area contributed by atoms with Crippen LogP contribution in [0.1, 0.15) is 10.4 Å². The highest BCUT2D eigenvalue weighted by atomic mass is 16.5. The number of methoxy groups -OCH3 is 3. The molecule has 0 fully saturated rings. The summed E-state index contributed by atoms with van der Waals surface area (Å²) in [7, 11) is 4.40. The SMILES string of the molecule is COc1cc(OC)c(C(=O)NN)c(OC)c1. The van der Waals surface area contributed by atoms with Crippen molar-refractivity contribution in [3.63, 3.8) is 0 Å². The smallest absolute Gasteiger partial charge is 0.272 e. The van der Waals surface area contributed by atoms with Gasteiger partial charge in [-0.3, -0.25) is 10.2 Å². The topological polar surface area (TPSA) is 82.8 Å². The Morgan fingerprint density at radius 3 is 1.94 bits per heavy atom. The molecule has 0 bridgehead atoms. The molecule has 16 heavy (non-hydrogen) atoms. The fourth-order valence-electron chi connectivity index (χ4n) is 1.30. The van der Waals surface area contributed by atoms with Crippen molar-refractivity contribution in [1.82, 2.24) is 5.43 Å². The summed E-state index contributed by atoms with van der Waals surface area (Å²) >= 11 is 0. The van der Waals surface area contributed by atoms with Gasteiger partial charge in [-0.2, -0.15) is 0 Å². The lowest BCUT2D eigenvalue weighted by Crippen LogP contribution is -2.30. The van der Waals surface area contributed by atoms with Crippen molar-refractivity contribution in [3.8, 4) is 17.2 Å². The second kappa shape index (κ2) is 5.22. The van der Waals surface area contributed by atoms with E-state index in [4.69, 9.17) is 20.1 Å². The summed E-state index contributed by atoms with van der Waals surface area (Å²) in [5.74, 6) is 5.79. The molecule has 0 saturated heterocycles. The average Bonchev–Trinajstić information content (AvgIpc) is 2.35. The summed E-state index contributed by atoms with van der Waals surface area (Å²) in [5.41, 5.74) is 2.26. The first kappa shape index (κ1) is 12.1. The monoisotopic (exact) mass is 226 g/mol. The molecule has 0 aliphatic heterocycles. The maximum absolute atomic E-state index is 11.5. The van der Waals surface area contributed by atoms with E-state index in [-0.39, 0.29) is 5.56 Å². The maximum atomic E-state index is 11.5. The van der Waals surface area contributed by atoms with Crippen LogP contribution in [-0.2, 0) is 0 Å². The van der Waals surface area contributed by atoms with E-state index in [1.54, 1.807) is 12.1 Å². The summed E-state index contributed by atoms with van der Waals surface area (Å²) < 4.78 is 15.2. The van der Waals surface area contributed by atoms with Crippen LogP contribution < -0.4 is 25.5 Å². The third-order valence-corrected chi connectivity index (χ3v) is 2.07. The number of hydrogen-bond donors (Lipinski definition) is 2. The van der Waals surface area contributed by atoms with Gasteiger partial charge in [0.2, 0.25) is 0 Å². The first-order valence-corrected chi connectivity index (χ1v) is 4.48. The molecule has 0 saturated carbocycles. The molecule has 6 heteroatoms. The Kier molecular flexibility index (Phi) is 3.96. The molecule has 0 radical (unpaired) electrons. The van der Waals surface area contributed by atoms with Gasteiger partial charge in [-0.25, -0.2) is 5.84 Å². The quantitative estimate of drug-likeness (QED) is 0.439. The van der Waals surface area contributed by atoms with Crippen molar-refractivity contribution in [1.29, 1.82) is 0 Å². The summed E-state index contributed by atoms with van der Waals surface area (Å²) in [5, 5.41) is 0. The normalized spacial score (nSPS) is 9.50. The Balaban J connectivity index is 3.37. The van der Waals surface area contributed by atoms with Crippen LogP contribution in [0.4, 0.5) is 0 Å². The summed E-state index contributed by atoms with van der Waals surface area (Å²) in [6.07, 6.45) is 0. The number of benzene rings is 1. The summed E-state index contributed by atoms with van der Waals surface area (Å²) in [6.45, 7) is 0. The van der Waals surface area contributed by atoms with Crippen molar-refractivity contribution in [2.24, 2.45) is 5.84 Å². The second-order valence-corrected chi connectivity index (χ2v) is 2.88. The van der Waals surface area contributed by atoms with Gasteiger partial charge in [0.25, 0.3) is 5.91 Å². The molecule has 0 aliphatic carbocycles. The van der Waals surface area contributed by atoms with E-state index in [1.165, 1.54) is 21.3 Å². The number of nitrogens with two attached hydrogens (primary N) is 1. The molecular weight excluding hydrogens is 212 g/mol. The zero-order valence-electron chi connectivity index (χ0n) is 9.37. The summed E-state index contributed by atoms with van der Waals surface area (Å²) in [6, 6.07) is 3.15. The standard InChI is InChI=1S/C10H14N2O4/c1-14-6-4-7(15-2)9(10(13)12-11)8(5-6)16-3/h4-5H,11H2,1-3H3,(H,12,13). The number of nitrogens with one attached hydrogen (secondary N) is 1. The first-order valence-electron chi connectivity index (χ1n) is 4.48. The van der Waals surface area contributed by atoms with Crippen molar-refractivity contribution in [2.45, 2.75) is 0 Å². The zero-order chi connectivity index (χ0) is 12.1. The first-order chi connectivity index (χ1) is 7.67. The van der Waals surface area contributed by atoms with Crippen LogP contribution >= 0.6 is 0 Å². The van der Waals surface area contributed by atoms with Crippen molar-refractivity contribution in [2.75, 3.05) is 21.3 Å². The fourth-order valence-corrected chi connectivity index (χ4v) is 1.30. The predicted octanol–water partition coefficient (Wildman–Crippen LogP) is 0.316. The van der Waals surface area contributed by atoms with Crippen LogP contribution in [0.2, 0.25) is 0 Å². The molecule has 88 valence electrons. The van der Waals surface area contributed by atoms with Gasteiger partial charge in [-0.05, 0) is 0 Å². The van der Waals surface area contributed by atoms with E-state index in [9.17, 15) is 4.79 Å². The van der Waals surface area contributed by atoms with Crippen molar-refractivity contribution >= 4 is 5.91 Å². The van der Waals surface area contributed by atoms with Crippen LogP contribution in [0.3, 0.4) is 0 Å². The number of carbonyl (C=O) groups is 1. The third-order valence-electron chi connectivity index (χ3n) is 2.07. The van der Waals surface area contributed by atoms with Gasteiger partial charge in [-0.15, -0.1) is 0 Å². The van der Waals surface area contributed by atoms with E-state index in [0.29, 0.717) is 17.2 Å². The second-order valence-electron chi connectivity index (χ2n) is 2.88. The molecule has 0 heterocycles. The van der Waals surface area contributed by atoms with Crippen LogP contribution in [0.15, 0.2) is 12.1 Å². The maximum Gasteiger partial charge on any atom is 0.272 e. The van der Waals surface area contributed by atoms with Gasteiger partial charge in [0.1, 0.15) is 22.8 Å². The molecule has 1 amide bonds. The van der Waals surface area contributed by atoms with Gasteiger partial charge in [0, 0.05) is 12.1 Å². The van der Waals surface area contributed by atoms with Crippen LogP contribution in [0.25, 0.3) is 0 Å². The van der Waals surface area contributed by atoms with Gasteiger partial charge in [-0.1, -0.05) is 0 Å². The Labute approximate surface area is 93.3 Å². The van der Waals surface area contributed by atoms with Crippen LogP contribution in [-0.4, -0.2) is 27.2 Å². The fraction of sp³-hybridized carbons (Fsp3) is 0.300. The molecule has 1 aromatic rings. The third kappa shape index (κ3) is 2.17. The Morgan fingerprint density at radius 2 is 1.62 bits per heavy atom. The lowest BCUT2D eigenvalue weighted by Gasteiger charge is -2.13. The largest absolute Gasteiger partial charge is 0.496 e. The molecule has 0 atom stereocenters. The van der Waals surface area contributed by atoms with Crippen molar-refractivity contribution < 1.29 is 19.0 Å². The number of carbonyl (C=O) groups excluding carboxylic acids is 1. The molecule has 0 spiro atoms. The minimum atomic E-state index is -0.489. The predicted molar refractivity (Wildman–Crippen MR) is 57.8 cm³/mol. The molecule has 1 aromatic carbocycles. The molecule has 3 N–H and O–H groups in total. The van der Waals surface area contributed by atoms with E-state index in [1.807, 2.05) is 5.43 Å². The average molecular weight is 226 g/mol. The minimum absolute atomic E-state index is 0.230. The molecule has 6 nitrogen and oxygen atoms in total. The highest BCUT2D eigenvalue weighted by molar-refractivity contribution is 5.99. The minimum Gasteiger partial charge on any atom is -0.496 e. The highest BCUT2D eigenvalue weighted by Crippen LogP contribution is 2.33. The highest BCUT2D eigenvalue weighted by Gasteiger charge is 2.19. The van der Waals surface area contributed by atoms with Gasteiger partial charge in [0.15, 0.2) is 0 Å². The number of hydrazine groups is 1. The molecular formula is C10H14N2O4. The Bertz CT molecular complexity index is 367. The van der Waals surface area contributed by atoms with E-state index in [2.05, 4.69) is 0 Å². The van der Waals surface area contributed by atoms with Gasteiger partial charge in [0.05, 0.1) is 21.3 Å².